The van der Waals surface area contributed by atoms with Crippen molar-refractivity contribution in [3.63, 3.8) is 0 Å². The summed E-state index contributed by atoms with van der Waals surface area (Å²) in [4.78, 5) is 12.2. The van der Waals surface area contributed by atoms with E-state index in [-0.39, 0.29) is 11.9 Å². The van der Waals surface area contributed by atoms with Crippen LogP contribution in [0.15, 0.2) is 54.6 Å². The molecule has 98 valence electrons. The summed E-state index contributed by atoms with van der Waals surface area (Å²) >= 11 is 0. The minimum absolute atomic E-state index is 0.0377. The molecule has 0 saturated heterocycles. The lowest BCUT2D eigenvalue weighted by molar-refractivity contribution is 0.103. The second-order valence-electron chi connectivity index (χ2n) is 4.56. The normalized spacial score (nSPS) is 11.9. The highest BCUT2D eigenvalue weighted by molar-refractivity contribution is 6.08. The Morgan fingerprint density at radius 3 is 2.16 bits per heavy atom. The number of hydrogen-bond acceptors (Lipinski definition) is 2. The first-order valence-electron chi connectivity index (χ1n) is 6.57. The number of rotatable bonds is 5. The minimum atomic E-state index is 0.0377. The maximum absolute atomic E-state index is 12.2. The van der Waals surface area contributed by atoms with Crippen molar-refractivity contribution in [2.24, 2.45) is 0 Å². The molecule has 0 bridgehead atoms. The van der Waals surface area contributed by atoms with E-state index in [0.29, 0.717) is 11.1 Å². The van der Waals surface area contributed by atoms with Crippen LogP contribution in [-0.2, 0) is 0 Å². The molecule has 0 spiro atoms. The Kier molecular flexibility index (Phi) is 4.35. The molecule has 2 rings (SSSR count). The van der Waals surface area contributed by atoms with Crippen molar-refractivity contribution in [2.45, 2.75) is 26.4 Å². The van der Waals surface area contributed by atoms with Crippen molar-refractivity contribution in [1.29, 1.82) is 0 Å². The highest BCUT2D eigenvalue weighted by Crippen LogP contribution is 2.17. The first-order chi connectivity index (χ1) is 9.20. The van der Waals surface area contributed by atoms with Gasteiger partial charge in [-0.1, -0.05) is 37.3 Å². The molecular formula is C17H18O2. The van der Waals surface area contributed by atoms with E-state index in [2.05, 4.69) is 6.92 Å². The molecular weight excluding hydrogens is 236 g/mol. The van der Waals surface area contributed by atoms with E-state index in [1.807, 2.05) is 61.5 Å². The number of benzene rings is 2. The third-order valence-corrected chi connectivity index (χ3v) is 3.06. The summed E-state index contributed by atoms with van der Waals surface area (Å²) in [6.45, 7) is 4.11. The molecule has 0 radical (unpaired) electrons. The summed E-state index contributed by atoms with van der Waals surface area (Å²) in [5, 5.41) is 0. The molecule has 0 fully saturated rings. The van der Waals surface area contributed by atoms with E-state index in [9.17, 15) is 4.79 Å². The number of carbonyl (C=O) groups excluding carboxylic acids is 1. The Morgan fingerprint density at radius 1 is 1.00 bits per heavy atom. The third-order valence-electron chi connectivity index (χ3n) is 3.06. The zero-order valence-corrected chi connectivity index (χ0v) is 11.3. The van der Waals surface area contributed by atoms with Gasteiger partial charge in [0.25, 0.3) is 0 Å². The fourth-order valence-corrected chi connectivity index (χ4v) is 1.76. The van der Waals surface area contributed by atoms with E-state index >= 15 is 0 Å². The van der Waals surface area contributed by atoms with Gasteiger partial charge in [0.05, 0.1) is 6.10 Å². The molecule has 0 aromatic heterocycles. The molecule has 1 unspecified atom stereocenters. The molecule has 0 aliphatic carbocycles. The van der Waals surface area contributed by atoms with E-state index < -0.39 is 0 Å². The van der Waals surface area contributed by atoms with E-state index in [0.717, 1.165) is 12.2 Å². The fourth-order valence-electron chi connectivity index (χ4n) is 1.76. The molecule has 19 heavy (non-hydrogen) atoms. The molecule has 0 aliphatic heterocycles. The van der Waals surface area contributed by atoms with Crippen LogP contribution in [0.3, 0.4) is 0 Å². The fraction of sp³-hybridized carbons (Fsp3) is 0.235. The van der Waals surface area contributed by atoms with Gasteiger partial charge in [0.1, 0.15) is 5.75 Å². The number of ketones is 1. The summed E-state index contributed by atoms with van der Waals surface area (Å²) in [6, 6.07) is 16.6. The Bertz CT molecular complexity index is 529. The third kappa shape index (κ3) is 3.44. The quantitative estimate of drug-likeness (QED) is 0.751. The van der Waals surface area contributed by atoms with Crippen LogP contribution < -0.4 is 4.74 Å². The second-order valence-corrected chi connectivity index (χ2v) is 4.56. The van der Waals surface area contributed by atoms with E-state index in [1.54, 1.807) is 0 Å². The van der Waals surface area contributed by atoms with Crippen LogP contribution in [0.5, 0.6) is 5.75 Å². The second kappa shape index (κ2) is 6.19. The average Bonchev–Trinajstić information content (AvgIpc) is 2.48. The summed E-state index contributed by atoms with van der Waals surface area (Å²) < 4.78 is 5.69. The number of carbonyl (C=O) groups is 1. The van der Waals surface area contributed by atoms with Gasteiger partial charge in [0.15, 0.2) is 5.78 Å². The zero-order chi connectivity index (χ0) is 13.7. The topological polar surface area (TPSA) is 26.3 Å². The van der Waals surface area contributed by atoms with Crippen molar-refractivity contribution in [2.75, 3.05) is 0 Å². The van der Waals surface area contributed by atoms with Gasteiger partial charge in [-0.25, -0.2) is 0 Å². The molecule has 2 aromatic rings. The molecule has 0 heterocycles. The largest absolute Gasteiger partial charge is 0.491 e. The molecule has 0 saturated carbocycles. The van der Waals surface area contributed by atoms with Crippen molar-refractivity contribution in [3.8, 4) is 5.75 Å². The van der Waals surface area contributed by atoms with Crippen molar-refractivity contribution >= 4 is 5.78 Å². The Balaban J connectivity index is 2.12. The van der Waals surface area contributed by atoms with Gasteiger partial charge in [0.2, 0.25) is 0 Å². The maximum atomic E-state index is 12.2. The molecule has 0 aliphatic rings. The molecule has 1 atom stereocenters. The summed E-state index contributed by atoms with van der Waals surface area (Å²) in [5.41, 5.74) is 1.39. The van der Waals surface area contributed by atoms with Crippen molar-refractivity contribution < 1.29 is 9.53 Å². The molecule has 2 nitrogen and oxygen atoms in total. The Hall–Kier alpha value is -2.09. The van der Waals surface area contributed by atoms with Crippen LogP contribution in [0, 0.1) is 0 Å². The molecule has 2 heteroatoms. The SMILES string of the molecule is CCC(C)Oc1ccc(C(=O)c2ccccc2)cc1. The van der Waals surface area contributed by atoms with Gasteiger partial charge < -0.3 is 4.74 Å². The van der Waals surface area contributed by atoms with Gasteiger partial charge in [-0.2, -0.15) is 0 Å². The maximum Gasteiger partial charge on any atom is 0.193 e. The first-order valence-corrected chi connectivity index (χ1v) is 6.57. The number of ether oxygens (including phenoxy) is 1. The predicted molar refractivity (Wildman–Crippen MR) is 76.7 cm³/mol. The lowest BCUT2D eigenvalue weighted by atomic mass is 10.0. The Labute approximate surface area is 114 Å². The average molecular weight is 254 g/mol. The van der Waals surface area contributed by atoms with E-state index in [4.69, 9.17) is 4.74 Å². The highest BCUT2D eigenvalue weighted by Gasteiger charge is 2.08. The molecule has 0 N–H and O–H groups in total. The van der Waals surface area contributed by atoms with Gasteiger partial charge in [0, 0.05) is 11.1 Å². The zero-order valence-electron chi connectivity index (χ0n) is 11.3. The Morgan fingerprint density at radius 2 is 1.58 bits per heavy atom. The van der Waals surface area contributed by atoms with Crippen LogP contribution in [-0.4, -0.2) is 11.9 Å². The van der Waals surface area contributed by atoms with Crippen molar-refractivity contribution in [1.82, 2.24) is 0 Å². The van der Waals surface area contributed by atoms with Crippen LogP contribution in [0.2, 0.25) is 0 Å². The van der Waals surface area contributed by atoms with Crippen LogP contribution in [0.1, 0.15) is 36.2 Å². The predicted octanol–water partition coefficient (Wildman–Crippen LogP) is 4.09. The minimum Gasteiger partial charge on any atom is -0.491 e. The summed E-state index contributed by atoms with van der Waals surface area (Å²) in [7, 11) is 0. The van der Waals surface area contributed by atoms with Crippen LogP contribution in [0.25, 0.3) is 0 Å². The van der Waals surface area contributed by atoms with Crippen LogP contribution >= 0.6 is 0 Å². The van der Waals surface area contributed by atoms with Gasteiger partial charge in [-0.3, -0.25) is 4.79 Å². The monoisotopic (exact) mass is 254 g/mol. The smallest absolute Gasteiger partial charge is 0.193 e. The summed E-state index contributed by atoms with van der Waals surface area (Å²) in [6.07, 6.45) is 1.15. The molecule has 0 amide bonds. The van der Waals surface area contributed by atoms with Gasteiger partial charge in [-0.15, -0.1) is 0 Å². The number of hydrogen-bond donors (Lipinski definition) is 0. The highest BCUT2D eigenvalue weighted by atomic mass is 16.5. The standard InChI is InChI=1S/C17H18O2/c1-3-13(2)19-16-11-9-15(10-12-16)17(18)14-7-5-4-6-8-14/h4-13H,3H2,1-2H3. The van der Waals surface area contributed by atoms with Gasteiger partial charge >= 0.3 is 0 Å². The van der Waals surface area contributed by atoms with Gasteiger partial charge in [-0.05, 0) is 37.6 Å². The first kappa shape index (κ1) is 13.3. The van der Waals surface area contributed by atoms with Crippen molar-refractivity contribution in [3.05, 3.63) is 65.7 Å². The van der Waals surface area contributed by atoms with Crippen LogP contribution in [0.4, 0.5) is 0 Å². The lowest BCUT2D eigenvalue weighted by Crippen LogP contribution is -2.09. The molecule has 2 aromatic carbocycles. The van der Waals surface area contributed by atoms with E-state index in [1.165, 1.54) is 0 Å². The summed E-state index contributed by atoms with van der Waals surface area (Å²) in [5.74, 6) is 0.842. The lowest BCUT2D eigenvalue weighted by Gasteiger charge is -2.12.